The van der Waals surface area contributed by atoms with E-state index in [1.807, 2.05) is 0 Å². The summed E-state index contributed by atoms with van der Waals surface area (Å²) < 4.78 is 18.7. The number of ether oxygens (including phenoxy) is 1. The van der Waals surface area contributed by atoms with Crippen molar-refractivity contribution in [3.63, 3.8) is 0 Å². The molecule has 16 heavy (non-hydrogen) atoms. The summed E-state index contributed by atoms with van der Waals surface area (Å²) in [5.74, 6) is -0.374. The van der Waals surface area contributed by atoms with Gasteiger partial charge < -0.3 is 9.84 Å². The van der Waals surface area contributed by atoms with Crippen molar-refractivity contribution in [1.82, 2.24) is 0 Å². The Morgan fingerprint density at radius 1 is 1.44 bits per heavy atom. The van der Waals surface area contributed by atoms with Crippen molar-refractivity contribution in [3.8, 4) is 11.8 Å². The molecule has 0 aromatic heterocycles. The van der Waals surface area contributed by atoms with E-state index in [9.17, 15) is 9.50 Å². The molecule has 0 heterocycles. The molecule has 0 bridgehead atoms. The molecule has 1 N–H and O–H groups in total. The van der Waals surface area contributed by atoms with Crippen LogP contribution in [0.15, 0.2) is 18.2 Å². The number of benzene rings is 1. The summed E-state index contributed by atoms with van der Waals surface area (Å²) in [6.45, 7) is 0. The van der Waals surface area contributed by atoms with Gasteiger partial charge in [0.1, 0.15) is 29.3 Å². The minimum Gasteiger partial charge on any atom is -0.486 e. The molecular weight excluding hydrogens is 209 g/mol. The van der Waals surface area contributed by atoms with Gasteiger partial charge in [0.15, 0.2) is 0 Å². The summed E-state index contributed by atoms with van der Waals surface area (Å²) >= 11 is 0. The molecule has 3 nitrogen and oxygen atoms in total. The van der Waals surface area contributed by atoms with Gasteiger partial charge in [0.25, 0.3) is 0 Å². The van der Waals surface area contributed by atoms with Crippen molar-refractivity contribution in [1.29, 1.82) is 5.26 Å². The predicted octanol–water partition coefficient (Wildman–Crippen LogP) is 1.99. The van der Waals surface area contributed by atoms with Crippen molar-refractivity contribution in [2.45, 2.75) is 31.5 Å². The van der Waals surface area contributed by atoms with Gasteiger partial charge in [0.05, 0.1) is 6.10 Å². The summed E-state index contributed by atoms with van der Waals surface area (Å²) in [7, 11) is 0. The molecule has 2 rings (SSSR count). The summed E-state index contributed by atoms with van der Waals surface area (Å²) in [5.41, 5.74) is -0.0957. The lowest BCUT2D eigenvalue weighted by Crippen LogP contribution is -2.26. The number of halogens is 1. The van der Waals surface area contributed by atoms with E-state index in [0.717, 1.165) is 12.8 Å². The minimum absolute atomic E-state index is 0.0957. The van der Waals surface area contributed by atoms with E-state index in [4.69, 9.17) is 10.00 Å². The van der Waals surface area contributed by atoms with Gasteiger partial charge in [-0.3, -0.25) is 0 Å². The fourth-order valence-electron chi connectivity index (χ4n) is 1.92. The van der Waals surface area contributed by atoms with Gasteiger partial charge in [-0.05, 0) is 31.4 Å². The maximum absolute atomic E-state index is 13.3. The predicted molar refractivity (Wildman–Crippen MR) is 55.4 cm³/mol. The highest BCUT2D eigenvalue weighted by Crippen LogP contribution is 2.27. The zero-order valence-electron chi connectivity index (χ0n) is 8.69. The molecule has 4 heteroatoms. The first-order chi connectivity index (χ1) is 7.72. The fourth-order valence-corrected chi connectivity index (χ4v) is 1.92. The second-order valence-electron chi connectivity index (χ2n) is 3.88. The van der Waals surface area contributed by atoms with Gasteiger partial charge in [0, 0.05) is 0 Å². The lowest BCUT2D eigenvalue weighted by Gasteiger charge is -2.17. The lowest BCUT2D eigenvalue weighted by molar-refractivity contribution is 0.0600. The highest BCUT2D eigenvalue weighted by Gasteiger charge is 2.27. The summed E-state index contributed by atoms with van der Waals surface area (Å²) in [6, 6.07) is 6.03. The van der Waals surface area contributed by atoms with Crippen LogP contribution in [0.25, 0.3) is 0 Å². The van der Waals surface area contributed by atoms with Gasteiger partial charge >= 0.3 is 0 Å². The zero-order valence-corrected chi connectivity index (χ0v) is 8.69. The maximum atomic E-state index is 13.3. The summed E-state index contributed by atoms with van der Waals surface area (Å²) in [6.07, 6.45) is 1.48. The largest absolute Gasteiger partial charge is 0.486 e. The van der Waals surface area contributed by atoms with Gasteiger partial charge in [0.2, 0.25) is 0 Å². The van der Waals surface area contributed by atoms with Crippen LogP contribution in [0.3, 0.4) is 0 Å². The fraction of sp³-hybridized carbons (Fsp3) is 0.417. The van der Waals surface area contributed by atoms with E-state index in [1.54, 1.807) is 12.1 Å². The van der Waals surface area contributed by atoms with E-state index in [2.05, 4.69) is 0 Å². The third kappa shape index (κ3) is 2.00. The third-order valence-corrected chi connectivity index (χ3v) is 2.78. The number of hydrogen-bond acceptors (Lipinski definition) is 3. The van der Waals surface area contributed by atoms with Crippen LogP contribution in [-0.4, -0.2) is 17.3 Å². The SMILES string of the molecule is N#Cc1c(F)cccc1OC1CCCC1O. The molecule has 1 saturated carbocycles. The van der Waals surface area contributed by atoms with E-state index < -0.39 is 11.9 Å². The Balaban J connectivity index is 2.21. The molecule has 1 aliphatic carbocycles. The first kappa shape index (κ1) is 10.9. The van der Waals surface area contributed by atoms with E-state index in [1.165, 1.54) is 12.1 Å². The molecular formula is C12H12FNO2. The Morgan fingerprint density at radius 3 is 2.88 bits per heavy atom. The molecule has 0 radical (unpaired) electrons. The average molecular weight is 221 g/mol. The van der Waals surface area contributed by atoms with E-state index in [-0.39, 0.29) is 17.4 Å². The topological polar surface area (TPSA) is 53.2 Å². The summed E-state index contributed by atoms with van der Waals surface area (Å²) in [4.78, 5) is 0. The highest BCUT2D eigenvalue weighted by molar-refractivity contribution is 5.43. The molecule has 1 aromatic carbocycles. The molecule has 84 valence electrons. The molecule has 0 aliphatic heterocycles. The van der Waals surface area contributed by atoms with Gasteiger partial charge in [-0.15, -0.1) is 0 Å². The number of nitriles is 1. The third-order valence-electron chi connectivity index (χ3n) is 2.78. The molecule has 1 fully saturated rings. The van der Waals surface area contributed by atoms with Crippen molar-refractivity contribution in [3.05, 3.63) is 29.6 Å². The molecule has 0 amide bonds. The lowest BCUT2D eigenvalue weighted by atomic mass is 10.2. The van der Waals surface area contributed by atoms with Crippen LogP contribution in [0, 0.1) is 17.1 Å². The number of aliphatic hydroxyl groups is 1. The van der Waals surface area contributed by atoms with Crippen molar-refractivity contribution >= 4 is 0 Å². The first-order valence-corrected chi connectivity index (χ1v) is 5.25. The zero-order chi connectivity index (χ0) is 11.5. The Kier molecular flexibility index (Phi) is 3.07. The number of nitrogens with zero attached hydrogens (tertiary/aromatic N) is 1. The van der Waals surface area contributed by atoms with Crippen LogP contribution < -0.4 is 4.74 Å². The smallest absolute Gasteiger partial charge is 0.144 e. The highest BCUT2D eigenvalue weighted by atomic mass is 19.1. The van der Waals surface area contributed by atoms with Gasteiger partial charge in [-0.1, -0.05) is 6.07 Å². The second-order valence-corrected chi connectivity index (χ2v) is 3.88. The molecule has 2 atom stereocenters. The van der Waals surface area contributed by atoms with Crippen molar-refractivity contribution in [2.24, 2.45) is 0 Å². The standard InChI is InChI=1S/C12H12FNO2/c13-9-3-1-5-11(8(9)7-14)16-12-6-2-4-10(12)15/h1,3,5,10,12,15H,2,4,6H2. The van der Waals surface area contributed by atoms with Gasteiger partial charge in [-0.2, -0.15) is 5.26 Å². The van der Waals surface area contributed by atoms with Crippen LogP contribution in [0.2, 0.25) is 0 Å². The van der Waals surface area contributed by atoms with Crippen LogP contribution in [0.5, 0.6) is 5.75 Å². The average Bonchev–Trinajstić information content (AvgIpc) is 2.65. The minimum atomic E-state index is -0.590. The van der Waals surface area contributed by atoms with Crippen molar-refractivity contribution < 1.29 is 14.2 Å². The quantitative estimate of drug-likeness (QED) is 0.830. The Labute approximate surface area is 93.1 Å². The van der Waals surface area contributed by atoms with Crippen LogP contribution in [-0.2, 0) is 0 Å². The molecule has 1 aliphatic rings. The Morgan fingerprint density at radius 2 is 2.25 bits per heavy atom. The number of aliphatic hydroxyl groups excluding tert-OH is 1. The second kappa shape index (κ2) is 4.50. The Hall–Kier alpha value is -1.60. The Bertz CT molecular complexity index is 428. The van der Waals surface area contributed by atoms with Crippen LogP contribution in [0.1, 0.15) is 24.8 Å². The number of hydrogen-bond donors (Lipinski definition) is 1. The molecule has 1 aromatic rings. The molecule has 0 saturated heterocycles. The van der Waals surface area contributed by atoms with Crippen LogP contribution in [0.4, 0.5) is 4.39 Å². The van der Waals surface area contributed by atoms with Gasteiger partial charge in [-0.25, -0.2) is 4.39 Å². The van der Waals surface area contributed by atoms with Crippen molar-refractivity contribution in [2.75, 3.05) is 0 Å². The molecule has 0 spiro atoms. The van der Waals surface area contributed by atoms with Crippen LogP contribution >= 0.6 is 0 Å². The maximum Gasteiger partial charge on any atom is 0.144 e. The number of rotatable bonds is 2. The van der Waals surface area contributed by atoms with E-state index in [0.29, 0.717) is 6.42 Å². The summed E-state index contributed by atoms with van der Waals surface area (Å²) in [5, 5.41) is 18.4. The first-order valence-electron chi connectivity index (χ1n) is 5.25. The monoisotopic (exact) mass is 221 g/mol. The molecule has 2 unspecified atom stereocenters. The normalized spacial score (nSPS) is 24.1. The van der Waals surface area contributed by atoms with E-state index >= 15 is 0 Å².